The SMILES string of the molecule is O=C(CSc1nnc(-c2ccccc2F)n1-c1ccccc1)NCc1cccc(Cl)c1. The average molecular weight is 453 g/mol. The second-order valence-electron chi connectivity index (χ2n) is 6.65. The number of carbonyl (C=O) groups excluding carboxylic acids is 1. The first-order valence-corrected chi connectivity index (χ1v) is 10.9. The summed E-state index contributed by atoms with van der Waals surface area (Å²) in [5, 5.41) is 12.4. The van der Waals surface area contributed by atoms with E-state index in [9.17, 15) is 9.18 Å². The van der Waals surface area contributed by atoms with Crippen molar-refractivity contribution in [2.24, 2.45) is 0 Å². The predicted octanol–water partition coefficient (Wildman–Crippen LogP) is 5.14. The van der Waals surface area contributed by atoms with Gasteiger partial charge in [0.05, 0.1) is 11.3 Å². The Morgan fingerprint density at radius 1 is 1.00 bits per heavy atom. The number of amides is 1. The van der Waals surface area contributed by atoms with Crippen molar-refractivity contribution in [1.29, 1.82) is 0 Å². The summed E-state index contributed by atoms with van der Waals surface area (Å²) in [6.07, 6.45) is 0. The fraction of sp³-hybridized carbons (Fsp3) is 0.0870. The number of thioether (sulfide) groups is 1. The molecule has 5 nitrogen and oxygen atoms in total. The lowest BCUT2D eigenvalue weighted by molar-refractivity contribution is -0.118. The van der Waals surface area contributed by atoms with Gasteiger partial charge in [-0.3, -0.25) is 9.36 Å². The molecule has 0 bridgehead atoms. The van der Waals surface area contributed by atoms with Gasteiger partial charge >= 0.3 is 0 Å². The van der Waals surface area contributed by atoms with Crippen LogP contribution in [0.1, 0.15) is 5.56 Å². The lowest BCUT2D eigenvalue weighted by Gasteiger charge is -2.11. The summed E-state index contributed by atoms with van der Waals surface area (Å²) in [5.41, 5.74) is 2.05. The molecule has 0 saturated carbocycles. The van der Waals surface area contributed by atoms with Gasteiger partial charge in [0.2, 0.25) is 5.91 Å². The van der Waals surface area contributed by atoms with Crippen LogP contribution in [0.5, 0.6) is 0 Å². The number of hydrogen-bond donors (Lipinski definition) is 1. The number of nitrogens with one attached hydrogen (secondary N) is 1. The van der Waals surface area contributed by atoms with Crippen molar-refractivity contribution in [3.05, 3.63) is 95.3 Å². The lowest BCUT2D eigenvalue weighted by Crippen LogP contribution is -2.24. The molecule has 0 aliphatic heterocycles. The molecule has 31 heavy (non-hydrogen) atoms. The van der Waals surface area contributed by atoms with Crippen molar-refractivity contribution < 1.29 is 9.18 Å². The summed E-state index contributed by atoms with van der Waals surface area (Å²) in [5.74, 6) is -0.0166. The van der Waals surface area contributed by atoms with Gasteiger partial charge in [0.1, 0.15) is 5.82 Å². The fourth-order valence-corrected chi connectivity index (χ4v) is 4.01. The molecular weight excluding hydrogens is 435 g/mol. The van der Waals surface area contributed by atoms with E-state index in [0.29, 0.717) is 28.1 Å². The minimum atomic E-state index is -0.386. The first-order chi connectivity index (χ1) is 15.1. The van der Waals surface area contributed by atoms with E-state index >= 15 is 0 Å². The van der Waals surface area contributed by atoms with Gasteiger partial charge in [-0.2, -0.15) is 0 Å². The summed E-state index contributed by atoms with van der Waals surface area (Å²) in [6, 6.07) is 23.2. The quantitative estimate of drug-likeness (QED) is 0.395. The van der Waals surface area contributed by atoms with Crippen LogP contribution in [-0.4, -0.2) is 26.4 Å². The third-order valence-electron chi connectivity index (χ3n) is 4.47. The molecule has 1 N–H and O–H groups in total. The van der Waals surface area contributed by atoms with Crippen LogP contribution in [-0.2, 0) is 11.3 Å². The molecule has 0 saturated heterocycles. The van der Waals surface area contributed by atoms with E-state index in [1.54, 1.807) is 28.8 Å². The summed E-state index contributed by atoms with van der Waals surface area (Å²) in [6.45, 7) is 0.381. The zero-order valence-electron chi connectivity index (χ0n) is 16.3. The topological polar surface area (TPSA) is 59.8 Å². The van der Waals surface area contributed by atoms with Gasteiger partial charge in [-0.05, 0) is 42.0 Å². The zero-order valence-corrected chi connectivity index (χ0v) is 17.9. The summed E-state index contributed by atoms with van der Waals surface area (Å²) >= 11 is 7.22. The Kier molecular flexibility index (Phi) is 6.64. The number of nitrogens with zero attached hydrogens (tertiary/aromatic N) is 3. The van der Waals surface area contributed by atoms with E-state index in [0.717, 1.165) is 11.3 Å². The minimum Gasteiger partial charge on any atom is -0.351 e. The molecule has 1 amide bonds. The number of benzene rings is 3. The van der Waals surface area contributed by atoms with Gasteiger partial charge in [-0.1, -0.05) is 65.8 Å². The maximum absolute atomic E-state index is 14.4. The summed E-state index contributed by atoms with van der Waals surface area (Å²) in [7, 11) is 0. The molecule has 4 rings (SSSR count). The lowest BCUT2D eigenvalue weighted by atomic mass is 10.2. The smallest absolute Gasteiger partial charge is 0.230 e. The molecule has 156 valence electrons. The largest absolute Gasteiger partial charge is 0.351 e. The Morgan fingerprint density at radius 3 is 2.55 bits per heavy atom. The van der Waals surface area contributed by atoms with Crippen LogP contribution < -0.4 is 5.32 Å². The highest BCUT2D eigenvalue weighted by atomic mass is 35.5. The highest BCUT2D eigenvalue weighted by Crippen LogP contribution is 2.29. The average Bonchev–Trinajstić information content (AvgIpc) is 3.21. The molecule has 0 aliphatic carbocycles. The van der Waals surface area contributed by atoms with E-state index in [1.165, 1.54) is 17.8 Å². The number of carbonyl (C=O) groups is 1. The number of aromatic nitrogens is 3. The highest BCUT2D eigenvalue weighted by Gasteiger charge is 2.19. The maximum atomic E-state index is 14.4. The van der Waals surface area contributed by atoms with E-state index in [2.05, 4.69) is 15.5 Å². The molecule has 4 aromatic rings. The van der Waals surface area contributed by atoms with Crippen molar-refractivity contribution in [3.63, 3.8) is 0 Å². The molecule has 0 atom stereocenters. The van der Waals surface area contributed by atoms with Crippen molar-refractivity contribution in [3.8, 4) is 17.1 Å². The molecule has 8 heteroatoms. The molecule has 3 aromatic carbocycles. The molecule has 0 unspecified atom stereocenters. The molecule has 0 spiro atoms. The Balaban J connectivity index is 1.53. The fourth-order valence-electron chi connectivity index (χ4n) is 3.02. The molecule has 0 radical (unpaired) electrons. The van der Waals surface area contributed by atoms with Crippen LogP contribution in [0, 0.1) is 5.82 Å². The normalized spacial score (nSPS) is 10.8. The summed E-state index contributed by atoms with van der Waals surface area (Å²) in [4.78, 5) is 12.4. The van der Waals surface area contributed by atoms with Crippen molar-refractivity contribution in [1.82, 2.24) is 20.1 Å². The second-order valence-corrected chi connectivity index (χ2v) is 8.03. The first kappa shape index (κ1) is 21.1. The maximum Gasteiger partial charge on any atom is 0.230 e. The Hall–Kier alpha value is -3.16. The standard InChI is InChI=1S/C23H18ClFN4OS/c24-17-8-6-7-16(13-17)14-26-21(30)15-31-23-28-27-22(19-11-4-5-12-20(19)25)29(23)18-9-2-1-3-10-18/h1-13H,14-15H2,(H,26,30). The van der Waals surface area contributed by atoms with E-state index in [4.69, 9.17) is 11.6 Å². The Labute approximate surface area is 188 Å². The van der Waals surface area contributed by atoms with Crippen molar-refractivity contribution >= 4 is 29.3 Å². The Bertz CT molecular complexity index is 1200. The van der Waals surface area contributed by atoms with Crippen LogP contribution in [0.25, 0.3) is 17.1 Å². The monoisotopic (exact) mass is 452 g/mol. The number of rotatable bonds is 7. The zero-order chi connectivity index (χ0) is 21.6. The predicted molar refractivity (Wildman–Crippen MR) is 121 cm³/mol. The van der Waals surface area contributed by atoms with Gasteiger partial charge < -0.3 is 5.32 Å². The molecule has 0 fully saturated rings. The highest BCUT2D eigenvalue weighted by molar-refractivity contribution is 7.99. The third kappa shape index (κ3) is 5.13. The molecule has 1 heterocycles. The van der Waals surface area contributed by atoms with Gasteiger partial charge in [0.15, 0.2) is 11.0 Å². The van der Waals surface area contributed by atoms with Crippen molar-refractivity contribution in [2.75, 3.05) is 5.75 Å². The van der Waals surface area contributed by atoms with Crippen LogP contribution >= 0.6 is 23.4 Å². The molecular formula is C23H18ClFN4OS. The first-order valence-electron chi connectivity index (χ1n) is 9.51. The van der Waals surface area contributed by atoms with Crippen LogP contribution in [0.3, 0.4) is 0 Å². The minimum absolute atomic E-state index is 0.142. The summed E-state index contributed by atoms with van der Waals surface area (Å²) < 4.78 is 16.2. The van der Waals surface area contributed by atoms with Gasteiger partial charge in [0, 0.05) is 17.3 Å². The number of halogens is 2. The number of hydrogen-bond acceptors (Lipinski definition) is 4. The van der Waals surface area contributed by atoms with Crippen molar-refractivity contribution in [2.45, 2.75) is 11.7 Å². The van der Waals surface area contributed by atoms with Crippen LogP contribution in [0.4, 0.5) is 4.39 Å². The van der Waals surface area contributed by atoms with Gasteiger partial charge in [-0.15, -0.1) is 10.2 Å². The number of para-hydroxylation sites is 1. The van der Waals surface area contributed by atoms with Gasteiger partial charge in [-0.25, -0.2) is 4.39 Å². The Morgan fingerprint density at radius 2 is 1.77 bits per heavy atom. The van der Waals surface area contributed by atoms with Gasteiger partial charge in [0.25, 0.3) is 0 Å². The van der Waals surface area contributed by atoms with E-state index in [-0.39, 0.29) is 17.5 Å². The second kappa shape index (κ2) is 9.76. The molecule has 0 aliphatic rings. The van der Waals surface area contributed by atoms with E-state index in [1.807, 2.05) is 48.5 Å². The third-order valence-corrected chi connectivity index (χ3v) is 5.64. The van der Waals surface area contributed by atoms with Crippen LogP contribution in [0.2, 0.25) is 5.02 Å². The van der Waals surface area contributed by atoms with E-state index < -0.39 is 0 Å². The van der Waals surface area contributed by atoms with Crippen LogP contribution in [0.15, 0.2) is 84.0 Å². The molecule has 1 aromatic heterocycles.